The Morgan fingerprint density at radius 2 is 1.94 bits per heavy atom. The SMILES string of the molecule is CC1CCCCCC1NS(=O)(=O)C(C)C(N)=S. The molecule has 0 radical (unpaired) electrons. The summed E-state index contributed by atoms with van der Waals surface area (Å²) in [6.45, 7) is 3.63. The minimum atomic E-state index is -3.42. The van der Waals surface area contributed by atoms with Gasteiger partial charge in [0.15, 0.2) is 0 Å². The van der Waals surface area contributed by atoms with Crippen LogP contribution in [-0.4, -0.2) is 24.7 Å². The molecule has 17 heavy (non-hydrogen) atoms. The lowest BCUT2D eigenvalue weighted by molar-refractivity contribution is 0.399. The van der Waals surface area contributed by atoms with E-state index in [4.69, 9.17) is 18.0 Å². The summed E-state index contributed by atoms with van der Waals surface area (Å²) in [5.41, 5.74) is 5.40. The number of hydrogen-bond acceptors (Lipinski definition) is 3. The molecule has 0 amide bonds. The standard InChI is InChI=1S/C11H22N2O2S2/c1-8-6-4-3-5-7-10(8)13-17(14,15)9(2)11(12)16/h8-10,13H,3-7H2,1-2H3,(H2,12,16). The fraction of sp³-hybridized carbons (Fsp3) is 0.909. The first kappa shape index (κ1) is 14.9. The Hall–Kier alpha value is -0.200. The highest BCUT2D eigenvalue weighted by Crippen LogP contribution is 2.23. The molecule has 3 N–H and O–H groups in total. The monoisotopic (exact) mass is 278 g/mol. The van der Waals surface area contributed by atoms with Gasteiger partial charge in [0.1, 0.15) is 5.25 Å². The molecule has 6 heteroatoms. The van der Waals surface area contributed by atoms with Gasteiger partial charge in [0.25, 0.3) is 0 Å². The molecule has 3 atom stereocenters. The topological polar surface area (TPSA) is 72.2 Å². The lowest BCUT2D eigenvalue weighted by Crippen LogP contribution is -2.46. The molecular formula is C11H22N2O2S2. The second-order valence-electron chi connectivity index (χ2n) is 4.93. The zero-order valence-corrected chi connectivity index (χ0v) is 12.1. The minimum absolute atomic E-state index is 0.0266. The Balaban J connectivity index is 2.71. The van der Waals surface area contributed by atoms with Crippen molar-refractivity contribution in [2.24, 2.45) is 11.7 Å². The molecule has 0 aromatic heterocycles. The van der Waals surface area contributed by atoms with Crippen LogP contribution in [0.4, 0.5) is 0 Å². The van der Waals surface area contributed by atoms with E-state index in [2.05, 4.69) is 11.6 Å². The number of hydrogen-bond donors (Lipinski definition) is 2. The van der Waals surface area contributed by atoms with Crippen LogP contribution in [-0.2, 0) is 10.0 Å². The molecule has 0 spiro atoms. The van der Waals surface area contributed by atoms with Crippen molar-refractivity contribution < 1.29 is 8.42 Å². The van der Waals surface area contributed by atoms with Crippen LogP contribution in [0.2, 0.25) is 0 Å². The lowest BCUT2D eigenvalue weighted by Gasteiger charge is -2.24. The summed E-state index contributed by atoms with van der Waals surface area (Å²) in [5.74, 6) is 0.380. The maximum Gasteiger partial charge on any atom is 0.220 e. The van der Waals surface area contributed by atoms with E-state index in [1.54, 1.807) is 0 Å². The van der Waals surface area contributed by atoms with E-state index < -0.39 is 15.3 Å². The second-order valence-corrected chi connectivity index (χ2v) is 7.43. The van der Waals surface area contributed by atoms with Gasteiger partial charge in [-0.15, -0.1) is 0 Å². The van der Waals surface area contributed by atoms with Crippen LogP contribution >= 0.6 is 12.2 Å². The summed E-state index contributed by atoms with van der Waals surface area (Å²) in [7, 11) is -3.42. The van der Waals surface area contributed by atoms with E-state index in [1.807, 2.05) is 0 Å². The maximum absolute atomic E-state index is 12.0. The predicted molar refractivity (Wildman–Crippen MR) is 74.3 cm³/mol. The van der Waals surface area contributed by atoms with E-state index >= 15 is 0 Å². The molecule has 1 fully saturated rings. The first-order valence-electron chi connectivity index (χ1n) is 6.15. The number of thiocarbonyl (C=S) groups is 1. The van der Waals surface area contributed by atoms with Crippen molar-refractivity contribution >= 4 is 27.2 Å². The van der Waals surface area contributed by atoms with E-state index in [0.29, 0.717) is 5.92 Å². The smallest absolute Gasteiger partial charge is 0.220 e. The van der Waals surface area contributed by atoms with Crippen molar-refractivity contribution in [3.8, 4) is 0 Å². The molecule has 100 valence electrons. The van der Waals surface area contributed by atoms with Crippen LogP contribution < -0.4 is 10.5 Å². The predicted octanol–water partition coefficient (Wildman–Crippen LogP) is 1.55. The van der Waals surface area contributed by atoms with Crippen molar-refractivity contribution in [3.63, 3.8) is 0 Å². The third-order valence-corrected chi connectivity index (χ3v) is 5.86. The first-order chi connectivity index (χ1) is 7.84. The fourth-order valence-electron chi connectivity index (χ4n) is 2.13. The Labute approximate surface area is 109 Å². The molecule has 1 saturated carbocycles. The van der Waals surface area contributed by atoms with Gasteiger partial charge >= 0.3 is 0 Å². The molecule has 4 nitrogen and oxygen atoms in total. The molecule has 0 aromatic rings. The number of sulfonamides is 1. The molecule has 0 aromatic carbocycles. The van der Waals surface area contributed by atoms with Crippen LogP contribution in [0.5, 0.6) is 0 Å². The average molecular weight is 278 g/mol. The Kier molecular flexibility index (Phi) is 5.34. The Bertz CT molecular complexity index is 368. The fourth-order valence-corrected chi connectivity index (χ4v) is 3.80. The summed E-state index contributed by atoms with van der Waals surface area (Å²) in [6, 6.07) is 0.0271. The van der Waals surface area contributed by atoms with Gasteiger partial charge in [-0.25, -0.2) is 13.1 Å². The number of nitrogens with two attached hydrogens (primary N) is 1. The van der Waals surface area contributed by atoms with E-state index in [0.717, 1.165) is 19.3 Å². The quantitative estimate of drug-likeness (QED) is 0.604. The summed E-state index contributed by atoms with van der Waals surface area (Å²) in [4.78, 5) is 0.0266. The largest absolute Gasteiger partial charge is 0.392 e. The van der Waals surface area contributed by atoms with Crippen molar-refractivity contribution in [2.75, 3.05) is 0 Å². The highest BCUT2D eigenvalue weighted by Gasteiger charge is 2.29. The van der Waals surface area contributed by atoms with Gasteiger partial charge in [0.2, 0.25) is 10.0 Å². The third-order valence-electron chi connectivity index (χ3n) is 3.54. The van der Waals surface area contributed by atoms with Crippen molar-refractivity contribution in [1.29, 1.82) is 0 Å². The van der Waals surface area contributed by atoms with Gasteiger partial charge in [-0.1, -0.05) is 38.4 Å². The van der Waals surface area contributed by atoms with E-state index in [9.17, 15) is 8.42 Å². The maximum atomic E-state index is 12.0. The van der Waals surface area contributed by atoms with Gasteiger partial charge in [0.05, 0.1) is 4.99 Å². The van der Waals surface area contributed by atoms with Gasteiger partial charge in [-0.3, -0.25) is 0 Å². The average Bonchev–Trinajstić information content (AvgIpc) is 2.43. The summed E-state index contributed by atoms with van der Waals surface area (Å²) in [5, 5.41) is -0.798. The van der Waals surface area contributed by atoms with E-state index in [1.165, 1.54) is 19.8 Å². The Morgan fingerprint density at radius 3 is 2.53 bits per heavy atom. The van der Waals surface area contributed by atoms with Crippen LogP contribution in [0.1, 0.15) is 46.0 Å². The van der Waals surface area contributed by atoms with E-state index in [-0.39, 0.29) is 11.0 Å². The highest BCUT2D eigenvalue weighted by atomic mass is 32.2. The summed E-state index contributed by atoms with van der Waals surface area (Å²) < 4.78 is 26.8. The van der Waals surface area contributed by atoms with Crippen LogP contribution in [0.15, 0.2) is 0 Å². The molecule has 3 unspecified atom stereocenters. The van der Waals surface area contributed by atoms with Crippen LogP contribution in [0.3, 0.4) is 0 Å². The molecule has 1 rings (SSSR count). The van der Waals surface area contributed by atoms with Gasteiger partial charge in [0, 0.05) is 6.04 Å². The van der Waals surface area contributed by atoms with Crippen molar-refractivity contribution in [3.05, 3.63) is 0 Å². The Morgan fingerprint density at radius 1 is 1.35 bits per heavy atom. The summed E-state index contributed by atoms with van der Waals surface area (Å²) in [6.07, 6.45) is 5.44. The minimum Gasteiger partial charge on any atom is -0.392 e. The van der Waals surface area contributed by atoms with Crippen molar-refractivity contribution in [1.82, 2.24) is 4.72 Å². The van der Waals surface area contributed by atoms with Crippen molar-refractivity contribution in [2.45, 2.75) is 57.2 Å². The normalized spacial score (nSPS) is 28.4. The number of rotatable bonds is 4. The van der Waals surface area contributed by atoms with Gasteiger partial charge in [-0.2, -0.15) is 0 Å². The lowest BCUT2D eigenvalue weighted by atomic mass is 9.98. The summed E-state index contributed by atoms with van der Waals surface area (Å²) >= 11 is 4.75. The first-order valence-corrected chi connectivity index (χ1v) is 8.10. The van der Waals surface area contributed by atoms with Crippen LogP contribution in [0, 0.1) is 5.92 Å². The molecule has 0 saturated heterocycles. The molecule has 0 bridgehead atoms. The molecule has 1 aliphatic rings. The molecular weight excluding hydrogens is 256 g/mol. The van der Waals surface area contributed by atoms with Gasteiger partial charge < -0.3 is 5.73 Å². The zero-order chi connectivity index (χ0) is 13.1. The molecule has 1 aliphatic carbocycles. The highest BCUT2D eigenvalue weighted by molar-refractivity contribution is 7.93. The second kappa shape index (κ2) is 6.11. The zero-order valence-electron chi connectivity index (χ0n) is 10.5. The third kappa shape index (κ3) is 4.19. The van der Waals surface area contributed by atoms with Crippen LogP contribution in [0.25, 0.3) is 0 Å². The number of nitrogens with one attached hydrogen (secondary N) is 1. The molecule has 0 aliphatic heterocycles. The van der Waals surface area contributed by atoms with Gasteiger partial charge in [-0.05, 0) is 25.7 Å². The molecule has 0 heterocycles.